The van der Waals surface area contributed by atoms with Gasteiger partial charge in [0.1, 0.15) is 10.7 Å². The van der Waals surface area contributed by atoms with Crippen molar-refractivity contribution in [2.75, 3.05) is 26.8 Å². The lowest BCUT2D eigenvalue weighted by Gasteiger charge is -2.17. The molecule has 0 atom stereocenters. The van der Waals surface area contributed by atoms with Gasteiger partial charge in [0.2, 0.25) is 10.0 Å². The molecule has 0 aliphatic heterocycles. The zero-order valence-corrected chi connectivity index (χ0v) is 11.8. The summed E-state index contributed by atoms with van der Waals surface area (Å²) < 4.78 is 44.1. The summed E-state index contributed by atoms with van der Waals surface area (Å²) >= 11 is 0. The predicted molar refractivity (Wildman–Crippen MR) is 68.6 cm³/mol. The molecular weight excluding hydrogens is 273 g/mol. The summed E-state index contributed by atoms with van der Waals surface area (Å²) in [5.41, 5.74) is 0.346. The van der Waals surface area contributed by atoms with E-state index in [1.165, 1.54) is 13.1 Å². The molecule has 0 fully saturated rings. The molecular formula is C12H18FNO4S. The Bertz CT molecular complexity index is 518. The molecule has 0 amide bonds. The van der Waals surface area contributed by atoms with Gasteiger partial charge in [0.25, 0.3) is 0 Å². The van der Waals surface area contributed by atoms with Crippen LogP contribution in [0, 0.1) is 5.82 Å². The molecule has 0 saturated heterocycles. The molecule has 1 N–H and O–H groups in total. The normalized spacial score (nSPS) is 12.1. The third kappa shape index (κ3) is 3.97. The smallest absolute Gasteiger partial charge is 0.245 e. The summed E-state index contributed by atoms with van der Waals surface area (Å²) in [6.45, 7) is 2.33. The monoisotopic (exact) mass is 291 g/mol. The maximum atomic E-state index is 13.6. The van der Waals surface area contributed by atoms with Crippen LogP contribution >= 0.6 is 0 Å². The molecule has 0 aliphatic rings. The Morgan fingerprint density at radius 1 is 1.42 bits per heavy atom. The van der Waals surface area contributed by atoms with Crippen LogP contribution in [-0.4, -0.2) is 44.6 Å². The maximum Gasteiger partial charge on any atom is 0.245 e. The molecule has 0 radical (unpaired) electrons. The summed E-state index contributed by atoms with van der Waals surface area (Å²) in [6, 6.07) is 3.52. The predicted octanol–water partition coefficient (Wildman–Crippen LogP) is 0.975. The van der Waals surface area contributed by atoms with Gasteiger partial charge in [0, 0.05) is 20.2 Å². The zero-order chi connectivity index (χ0) is 14.5. The van der Waals surface area contributed by atoms with E-state index in [0.717, 1.165) is 16.4 Å². The van der Waals surface area contributed by atoms with E-state index < -0.39 is 20.7 Å². The first-order chi connectivity index (χ1) is 8.93. The zero-order valence-electron chi connectivity index (χ0n) is 11.0. The number of aliphatic hydroxyl groups is 1. The van der Waals surface area contributed by atoms with Crippen molar-refractivity contribution in [1.82, 2.24) is 4.31 Å². The highest BCUT2D eigenvalue weighted by Gasteiger charge is 2.24. The number of halogens is 1. The highest BCUT2D eigenvalue weighted by molar-refractivity contribution is 7.89. The van der Waals surface area contributed by atoms with Crippen molar-refractivity contribution in [3.05, 3.63) is 29.6 Å². The highest BCUT2D eigenvalue weighted by Crippen LogP contribution is 2.19. The molecule has 0 unspecified atom stereocenters. The van der Waals surface area contributed by atoms with Gasteiger partial charge in [-0.2, -0.15) is 4.31 Å². The number of rotatable bonds is 7. The first-order valence-corrected chi connectivity index (χ1v) is 7.30. The molecule has 0 heterocycles. The summed E-state index contributed by atoms with van der Waals surface area (Å²) in [6.07, 6.45) is 0. The van der Waals surface area contributed by atoms with Crippen molar-refractivity contribution in [1.29, 1.82) is 0 Å². The van der Waals surface area contributed by atoms with Gasteiger partial charge in [0.15, 0.2) is 0 Å². The summed E-state index contributed by atoms with van der Waals surface area (Å²) in [4.78, 5) is -0.432. The van der Waals surface area contributed by atoms with Crippen LogP contribution in [0.5, 0.6) is 0 Å². The average Bonchev–Trinajstić information content (AvgIpc) is 2.39. The van der Waals surface area contributed by atoms with E-state index in [0.29, 0.717) is 12.2 Å². The van der Waals surface area contributed by atoms with Crippen molar-refractivity contribution in [3.8, 4) is 0 Å². The number of nitrogens with zero attached hydrogens (tertiary/aromatic N) is 1. The van der Waals surface area contributed by atoms with Crippen LogP contribution in [0.25, 0.3) is 0 Å². The molecule has 108 valence electrons. The van der Waals surface area contributed by atoms with Gasteiger partial charge in [-0.25, -0.2) is 12.8 Å². The minimum absolute atomic E-state index is 0.138. The van der Waals surface area contributed by atoms with E-state index >= 15 is 0 Å². The average molecular weight is 291 g/mol. The third-order valence-electron chi connectivity index (χ3n) is 2.62. The standard InChI is InChI=1S/C12H18FNO4S/c1-3-18-7-6-14(2)19(16,17)12-8-10(9-15)4-5-11(12)13/h4-5,8,15H,3,6-7,9H2,1-2H3. The van der Waals surface area contributed by atoms with Crippen LogP contribution in [0.4, 0.5) is 4.39 Å². The van der Waals surface area contributed by atoms with E-state index in [-0.39, 0.29) is 19.8 Å². The number of hydrogen-bond acceptors (Lipinski definition) is 4. The van der Waals surface area contributed by atoms with Crippen LogP contribution in [0.3, 0.4) is 0 Å². The molecule has 7 heteroatoms. The fourth-order valence-electron chi connectivity index (χ4n) is 1.47. The maximum absolute atomic E-state index is 13.6. The Balaban J connectivity index is 2.99. The van der Waals surface area contributed by atoms with E-state index in [9.17, 15) is 12.8 Å². The Morgan fingerprint density at radius 2 is 2.11 bits per heavy atom. The number of sulfonamides is 1. The van der Waals surface area contributed by atoms with E-state index in [1.807, 2.05) is 0 Å². The molecule has 0 aromatic heterocycles. The number of benzene rings is 1. The molecule has 5 nitrogen and oxygen atoms in total. The molecule has 0 spiro atoms. The van der Waals surface area contributed by atoms with Gasteiger partial charge in [0.05, 0.1) is 13.2 Å². The Morgan fingerprint density at radius 3 is 2.68 bits per heavy atom. The lowest BCUT2D eigenvalue weighted by atomic mass is 10.2. The second-order valence-corrected chi connectivity index (χ2v) is 5.96. The van der Waals surface area contributed by atoms with Gasteiger partial charge < -0.3 is 9.84 Å². The first kappa shape index (κ1) is 16.0. The largest absolute Gasteiger partial charge is 0.392 e. The van der Waals surface area contributed by atoms with Gasteiger partial charge in [-0.1, -0.05) is 6.07 Å². The van der Waals surface area contributed by atoms with Crippen molar-refractivity contribution in [3.63, 3.8) is 0 Å². The van der Waals surface area contributed by atoms with Crippen LogP contribution in [0.15, 0.2) is 23.1 Å². The Hall–Kier alpha value is -1.02. The highest BCUT2D eigenvalue weighted by atomic mass is 32.2. The SMILES string of the molecule is CCOCCN(C)S(=O)(=O)c1cc(CO)ccc1F. The molecule has 0 aliphatic carbocycles. The second kappa shape index (κ2) is 6.95. The molecule has 0 saturated carbocycles. The molecule has 1 aromatic carbocycles. The van der Waals surface area contributed by atoms with E-state index in [1.54, 1.807) is 6.92 Å². The molecule has 1 aromatic rings. The van der Waals surface area contributed by atoms with Crippen LogP contribution < -0.4 is 0 Å². The van der Waals surface area contributed by atoms with Gasteiger partial charge in [-0.15, -0.1) is 0 Å². The minimum Gasteiger partial charge on any atom is -0.392 e. The van der Waals surface area contributed by atoms with Crippen molar-refractivity contribution >= 4 is 10.0 Å². The lowest BCUT2D eigenvalue weighted by Crippen LogP contribution is -2.31. The van der Waals surface area contributed by atoms with Gasteiger partial charge in [-0.3, -0.25) is 0 Å². The van der Waals surface area contributed by atoms with Crippen molar-refractivity contribution < 1.29 is 22.7 Å². The van der Waals surface area contributed by atoms with Gasteiger partial charge in [-0.05, 0) is 24.6 Å². The topological polar surface area (TPSA) is 66.8 Å². The second-order valence-electron chi connectivity index (χ2n) is 3.95. The summed E-state index contributed by atoms with van der Waals surface area (Å²) in [5, 5.41) is 8.98. The first-order valence-electron chi connectivity index (χ1n) is 5.86. The van der Waals surface area contributed by atoms with Crippen molar-refractivity contribution in [2.45, 2.75) is 18.4 Å². The van der Waals surface area contributed by atoms with E-state index in [2.05, 4.69) is 0 Å². The third-order valence-corrected chi connectivity index (χ3v) is 4.49. The number of hydrogen-bond donors (Lipinski definition) is 1. The van der Waals surface area contributed by atoms with Crippen molar-refractivity contribution in [2.24, 2.45) is 0 Å². The fraction of sp³-hybridized carbons (Fsp3) is 0.500. The number of ether oxygens (including phenoxy) is 1. The Kier molecular flexibility index (Phi) is 5.86. The molecule has 0 bridgehead atoms. The summed E-state index contributed by atoms with van der Waals surface area (Å²) in [7, 11) is -2.55. The van der Waals surface area contributed by atoms with Crippen LogP contribution in [0.2, 0.25) is 0 Å². The summed E-state index contributed by atoms with van der Waals surface area (Å²) in [5.74, 6) is -0.833. The van der Waals surface area contributed by atoms with Crippen LogP contribution in [-0.2, 0) is 21.4 Å². The minimum atomic E-state index is -3.92. The number of aliphatic hydroxyl groups excluding tert-OH is 1. The Labute approximate surface area is 112 Å². The molecule has 19 heavy (non-hydrogen) atoms. The quantitative estimate of drug-likeness (QED) is 0.760. The number of likely N-dealkylation sites (N-methyl/N-ethyl adjacent to an activating group) is 1. The lowest BCUT2D eigenvalue weighted by molar-refractivity contribution is 0.138. The molecule has 1 rings (SSSR count). The van der Waals surface area contributed by atoms with Gasteiger partial charge >= 0.3 is 0 Å². The fourth-order valence-corrected chi connectivity index (χ4v) is 2.73. The van der Waals surface area contributed by atoms with Crippen LogP contribution in [0.1, 0.15) is 12.5 Å². The van der Waals surface area contributed by atoms with E-state index in [4.69, 9.17) is 9.84 Å².